The Morgan fingerprint density at radius 1 is 1.39 bits per heavy atom. The van der Waals surface area contributed by atoms with Gasteiger partial charge in [0, 0.05) is 24.8 Å². The second-order valence-electron chi connectivity index (χ2n) is 4.16. The smallest absolute Gasteiger partial charge is 0.122 e. The topological polar surface area (TPSA) is 56.5 Å². The van der Waals surface area contributed by atoms with Gasteiger partial charge in [0.25, 0.3) is 0 Å². The molecule has 18 heavy (non-hydrogen) atoms. The van der Waals surface area contributed by atoms with Gasteiger partial charge in [0.1, 0.15) is 5.75 Å². The van der Waals surface area contributed by atoms with E-state index in [-0.39, 0.29) is 6.04 Å². The molecule has 0 aromatic heterocycles. The van der Waals surface area contributed by atoms with Crippen LogP contribution in [-0.2, 0) is 11.2 Å². The third-order valence-corrected chi connectivity index (χ3v) is 3.08. The Morgan fingerprint density at radius 3 is 2.78 bits per heavy atom. The number of ether oxygens (including phenoxy) is 2. The summed E-state index contributed by atoms with van der Waals surface area (Å²) in [4.78, 5) is 0. The molecule has 4 nitrogen and oxygen atoms in total. The molecule has 0 fully saturated rings. The molecule has 0 aliphatic carbocycles. The number of methoxy groups -OCH3 is 2. The first-order valence-corrected chi connectivity index (χ1v) is 6.36. The highest BCUT2D eigenvalue weighted by molar-refractivity contribution is 6.30. The summed E-state index contributed by atoms with van der Waals surface area (Å²) in [5.41, 5.74) is 3.89. The third kappa shape index (κ3) is 4.82. The highest BCUT2D eigenvalue weighted by atomic mass is 35.5. The monoisotopic (exact) mass is 272 g/mol. The largest absolute Gasteiger partial charge is 0.496 e. The zero-order valence-corrected chi connectivity index (χ0v) is 11.7. The summed E-state index contributed by atoms with van der Waals surface area (Å²) in [5, 5.41) is 0.707. The lowest BCUT2D eigenvalue weighted by atomic mass is 10.0. The predicted molar refractivity (Wildman–Crippen MR) is 73.9 cm³/mol. The molecule has 1 unspecified atom stereocenters. The molecule has 3 N–H and O–H groups in total. The molecule has 0 saturated carbocycles. The molecule has 0 spiro atoms. The van der Waals surface area contributed by atoms with E-state index in [2.05, 4.69) is 5.43 Å². The highest BCUT2D eigenvalue weighted by Crippen LogP contribution is 2.24. The predicted octanol–water partition coefficient (Wildman–Crippen LogP) is 2.15. The average Bonchev–Trinajstić information content (AvgIpc) is 2.38. The summed E-state index contributed by atoms with van der Waals surface area (Å²) in [7, 11) is 3.35. The Morgan fingerprint density at radius 2 is 2.17 bits per heavy atom. The van der Waals surface area contributed by atoms with Crippen molar-refractivity contribution in [2.75, 3.05) is 20.8 Å². The Hall–Kier alpha value is -0.810. The first-order chi connectivity index (χ1) is 8.71. The van der Waals surface area contributed by atoms with E-state index in [9.17, 15) is 0 Å². The van der Waals surface area contributed by atoms with Crippen LogP contribution in [0.15, 0.2) is 18.2 Å². The molecule has 0 heterocycles. The number of halogens is 1. The lowest BCUT2D eigenvalue weighted by molar-refractivity contribution is 0.188. The van der Waals surface area contributed by atoms with Gasteiger partial charge in [0.2, 0.25) is 0 Å². The van der Waals surface area contributed by atoms with Crippen LogP contribution >= 0.6 is 11.6 Å². The van der Waals surface area contributed by atoms with Gasteiger partial charge in [0.15, 0.2) is 0 Å². The van der Waals surface area contributed by atoms with E-state index in [0.29, 0.717) is 5.02 Å². The minimum atomic E-state index is 0.188. The van der Waals surface area contributed by atoms with Crippen molar-refractivity contribution in [1.29, 1.82) is 0 Å². The van der Waals surface area contributed by atoms with E-state index >= 15 is 0 Å². The van der Waals surface area contributed by atoms with Gasteiger partial charge in [-0.1, -0.05) is 11.6 Å². The summed E-state index contributed by atoms with van der Waals surface area (Å²) in [6.45, 7) is 0.741. The zero-order valence-electron chi connectivity index (χ0n) is 10.9. The molecule has 0 bridgehead atoms. The molecule has 1 aromatic rings. The Kier molecular flexibility index (Phi) is 7.05. The number of nitrogens with one attached hydrogen (secondary N) is 1. The molecule has 1 rings (SSSR count). The van der Waals surface area contributed by atoms with Gasteiger partial charge in [-0.3, -0.25) is 11.3 Å². The molecule has 0 aliphatic heterocycles. The van der Waals surface area contributed by atoms with Crippen molar-refractivity contribution in [2.24, 2.45) is 5.84 Å². The van der Waals surface area contributed by atoms with Crippen molar-refractivity contribution < 1.29 is 9.47 Å². The fourth-order valence-electron chi connectivity index (χ4n) is 1.89. The molecular weight excluding hydrogens is 252 g/mol. The molecular formula is C13H21ClN2O2. The zero-order chi connectivity index (χ0) is 13.4. The van der Waals surface area contributed by atoms with Crippen LogP contribution in [0.25, 0.3) is 0 Å². The van der Waals surface area contributed by atoms with Gasteiger partial charge >= 0.3 is 0 Å². The second-order valence-corrected chi connectivity index (χ2v) is 4.60. The molecule has 5 heteroatoms. The third-order valence-electron chi connectivity index (χ3n) is 2.85. The maximum absolute atomic E-state index is 6.00. The Bertz CT molecular complexity index is 361. The first kappa shape index (κ1) is 15.2. The van der Waals surface area contributed by atoms with Crippen molar-refractivity contribution in [3.8, 4) is 5.75 Å². The van der Waals surface area contributed by atoms with Crippen molar-refractivity contribution in [3.63, 3.8) is 0 Å². The SMILES string of the molecule is COCCCC(Cc1cc(Cl)ccc1OC)NN. The molecule has 1 aromatic carbocycles. The lowest BCUT2D eigenvalue weighted by Crippen LogP contribution is -2.37. The van der Waals surface area contributed by atoms with E-state index in [4.69, 9.17) is 26.9 Å². The fourth-order valence-corrected chi connectivity index (χ4v) is 2.09. The minimum absolute atomic E-state index is 0.188. The quantitative estimate of drug-likeness (QED) is 0.433. The van der Waals surface area contributed by atoms with Gasteiger partial charge in [-0.15, -0.1) is 0 Å². The first-order valence-electron chi connectivity index (χ1n) is 5.98. The molecule has 0 aliphatic rings. The van der Waals surface area contributed by atoms with E-state index in [1.807, 2.05) is 18.2 Å². The molecule has 102 valence electrons. The molecule has 1 atom stereocenters. The van der Waals surface area contributed by atoms with E-state index < -0.39 is 0 Å². The van der Waals surface area contributed by atoms with Gasteiger partial charge in [-0.25, -0.2) is 0 Å². The van der Waals surface area contributed by atoms with E-state index in [1.165, 1.54) is 0 Å². The Balaban J connectivity index is 2.65. The van der Waals surface area contributed by atoms with Crippen molar-refractivity contribution >= 4 is 11.6 Å². The number of hydrogen-bond acceptors (Lipinski definition) is 4. The van der Waals surface area contributed by atoms with Crippen molar-refractivity contribution in [3.05, 3.63) is 28.8 Å². The number of nitrogens with two attached hydrogens (primary N) is 1. The molecule has 0 amide bonds. The lowest BCUT2D eigenvalue weighted by Gasteiger charge is -2.17. The average molecular weight is 273 g/mol. The standard InChI is InChI=1S/C13H21ClN2O2/c1-17-7-3-4-12(16-15)9-10-8-11(14)5-6-13(10)18-2/h5-6,8,12,16H,3-4,7,9,15H2,1-2H3. The molecule has 0 saturated heterocycles. The van der Waals surface area contributed by atoms with Gasteiger partial charge in [-0.2, -0.15) is 0 Å². The van der Waals surface area contributed by atoms with Crippen molar-refractivity contribution in [2.45, 2.75) is 25.3 Å². The van der Waals surface area contributed by atoms with Crippen LogP contribution in [0.4, 0.5) is 0 Å². The summed E-state index contributed by atoms with van der Waals surface area (Å²) < 4.78 is 10.4. The van der Waals surface area contributed by atoms with Crippen LogP contribution in [0.5, 0.6) is 5.75 Å². The van der Waals surface area contributed by atoms with Crippen molar-refractivity contribution in [1.82, 2.24) is 5.43 Å². The van der Waals surface area contributed by atoms with Crippen LogP contribution in [0, 0.1) is 0 Å². The number of benzene rings is 1. The van der Waals surface area contributed by atoms with Crippen LogP contribution in [-0.4, -0.2) is 26.9 Å². The summed E-state index contributed by atoms with van der Waals surface area (Å²) in [6.07, 6.45) is 2.69. The second kappa shape index (κ2) is 8.32. The van der Waals surface area contributed by atoms with Gasteiger partial charge in [0.05, 0.1) is 7.11 Å². The summed E-state index contributed by atoms with van der Waals surface area (Å²) in [6, 6.07) is 5.80. The maximum atomic E-state index is 6.00. The maximum Gasteiger partial charge on any atom is 0.122 e. The van der Waals surface area contributed by atoms with E-state index in [1.54, 1.807) is 14.2 Å². The highest BCUT2D eigenvalue weighted by Gasteiger charge is 2.11. The van der Waals surface area contributed by atoms with Gasteiger partial charge < -0.3 is 9.47 Å². The van der Waals surface area contributed by atoms with Crippen LogP contribution in [0.1, 0.15) is 18.4 Å². The van der Waals surface area contributed by atoms with Crippen LogP contribution < -0.4 is 16.0 Å². The number of hydrogen-bond donors (Lipinski definition) is 2. The summed E-state index contributed by atoms with van der Waals surface area (Å²) in [5.74, 6) is 6.41. The molecule has 0 radical (unpaired) electrons. The van der Waals surface area contributed by atoms with Gasteiger partial charge in [-0.05, 0) is 43.0 Å². The van der Waals surface area contributed by atoms with E-state index in [0.717, 1.165) is 37.2 Å². The normalized spacial score (nSPS) is 12.4. The Labute approximate surface area is 113 Å². The van der Waals surface area contributed by atoms with Crippen LogP contribution in [0.3, 0.4) is 0 Å². The number of hydrazine groups is 1. The fraction of sp³-hybridized carbons (Fsp3) is 0.538. The summed E-state index contributed by atoms with van der Waals surface area (Å²) >= 11 is 6.00. The number of rotatable bonds is 8. The van der Waals surface area contributed by atoms with Crippen LogP contribution in [0.2, 0.25) is 5.02 Å². The minimum Gasteiger partial charge on any atom is -0.496 e.